The number of methoxy groups -OCH3 is 1. The van der Waals surface area contributed by atoms with Crippen molar-refractivity contribution in [1.82, 2.24) is 0 Å². The number of hydrogen-bond donors (Lipinski definition) is 0. The van der Waals surface area contributed by atoms with Gasteiger partial charge in [0, 0.05) is 41.3 Å². The standard InChI is InChI=1S/C14H21BrClNO/c1-4-11(2)17(8-9-18-3)14-7-5-6-13(16)12(14)10-15/h5-7,11H,4,8-10H2,1-3H3. The highest BCUT2D eigenvalue weighted by molar-refractivity contribution is 9.08. The molecule has 0 aliphatic rings. The minimum Gasteiger partial charge on any atom is -0.383 e. The lowest BCUT2D eigenvalue weighted by Crippen LogP contribution is -2.36. The second-order valence-electron chi connectivity index (χ2n) is 4.31. The third kappa shape index (κ3) is 3.87. The molecule has 0 spiro atoms. The number of hydrogen-bond acceptors (Lipinski definition) is 2. The highest BCUT2D eigenvalue weighted by atomic mass is 79.9. The number of benzene rings is 1. The maximum absolute atomic E-state index is 6.27. The number of anilines is 1. The number of alkyl halides is 1. The molecule has 0 heterocycles. The maximum atomic E-state index is 6.27. The number of rotatable bonds is 7. The zero-order chi connectivity index (χ0) is 13.5. The molecule has 2 nitrogen and oxygen atoms in total. The van der Waals surface area contributed by atoms with Crippen molar-refractivity contribution in [2.24, 2.45) is 0 Å². The maximum Gasteiger partial charge on any atom is 0.0637 e. The topological polar surface area (TPSA) is 12.5 Å². The van der Waals surface area contributed by atoms with E-state index in [4.69, 9.17) is 16.3 Å². The second-order valence-corrected chi connectivity index (χ2v) is 5.28. The van der Waals surface area contributed by atoms with Crippen LogP contribution in [-0.2, 0) is 10.1 Å². The largest absolute Gasteiger partial charge is 0.383 e. The van der Waals surface area contributed by atoms with Gasteiger partial charge in [0.05, 0.1) is 6.61 Å². The monoisotopic (exact) mass is 333 g/mol. The summed E-state index contributed by atoms with van der Waals surface area (Å²) >= 11 is 9.79. The minimum absolute atomic E-state index is 0.469. The summed E-state index contributed by atoms with van der Waals surface area (Å²) in [6, 6.07) is 6.54. The Morgan fingerprint density at radius 2 is 2.17 bits per heavy atom. The first-order chi connectivity index (χ1) is 8.65. The van der Waals surface area contributed by atoms with Gasteiger partial charge in [-0.2, -0.15) is 0 Å². The van der Waals surface area contributed by atoms with Crippen molar-refractivity contribution in [3.05, 3.63) is 28.8 Å². The molecule has 18 heavy (non-hydrogen) atoms. The normalized spacial score (nSPS) is 12.5. The van der Waals surface area contributed by atoms with E-state index in [0.29, 0.717) is 6.04 Å². The van der Waals surface area contributed by atoms with Crippen LogP contribution in [0.2, 0.25) is 5.02 Å². The van der Waals surface area contributed by atoms with Crippen molar-refractivity contribution in [3.8, 4) is 0 Å². The summed E-state index contributed by atoms with van der Waals surface area (Å²) < 4.78 is 5.21. The summed E-state index contributed by atoms with van der Waals surface area (Å²) in [5.41, 5.74) is 2.35. The van der Waals surface area contributed by atoms with Crippen molar-refractivity contribution in [1.29, 1.82) is 0 Å². The minimum atomic E-state index is 0.469. The molecule has 0 saturated carbocycles. The summed E-state index contributed by atoms with van der Waals surface area (Å²) in [7, 11) is 1.73. The summed E-state index contributed by atoms with van der Waals surface area (Å²) in [6.07, 6.45) is 1.10. The van der Waals surface area contributed by atoms with Gasteiger partial charge < -0.3 is 9.64 Å². The summed E-state index contributed by atoms with van der Waals surface area (Å²) in [4.78, 5) is 2.37. The molecule has 0 radical (unpaired) electrons. The van der Waals surface area contributed by atoms with Gasteiger partial charge in [0.25, 0.3) is 0 Å². The fourth-order valence-electron chi connectivity index (χ4n) is 1.94. The fraction of sp³-hybridized carbons (Fsp3) is 0.571. The van der Waals surface area contributed by atoms with Crippen molar-refractivity contribution in [3.63, 3.8) is 0 Å². The molecule has 1 aromatic rings. The summed E-state index contributed by atoms with van der Waals surface area (Å²) in [6.45, 7) is 6.03. The van der Waals surface area contributed by atoms with Crippen LogP contribution in [-0.4, -0.2) is 26.3 Å². The molecule has 1 rings (SSSR count). The fourth-order valence-corrected chi connectivity index (χ4v) is 2.92. The zero-order valence-electron chi connectivity index (χ0n) is 11.2. The van der Waals surface area contributed by atoms with Crippen LogP contribution < -0.4 is 4.90 Å². The lowest BCUT2D eigenvalue weighted by Gasteiger charge is -2.32. The molecule has 0 N–H and O–H groups in total. The van der Waals surface area contributed by atoms with Crippen LogP contribution >= 0.6 is 27.5 Å². The third-order valence-corrected chi connectivity index (χ3v) is 4.11. The average molecular weight is 335 g/mol. The van der Waals surface area contributed by atoms with E-state index in [9.17, 15) is 0 Å². The van der Waals surface area contributed by atoms with Gasteiger partial charge in [-0.1, -0.05) is 40.5 Å². The lowest BCUT2D eigenvalue weighted by atomic mass is 10.1. The number of nitrogens with zero attached hydrogens (tertiary/aromatic N) is 1. The van der Waals surface area contributed by atoms with Crippen molar-refractivity contribution >= 4 is 33.2 Å². The molecule has 0 bridgehead atoms. The van der Waals surface area contributed by atoms with Gasteiger partial charge >= 0.3 is 0 Å². The van der Waals surface area contributed by atoms with E-state index in [1.807, 2.05) is 12.1 Å². The van der Waals surface area contributed by atoms with Gasteiger partial charge in [-0.25, -0.2) is 0 Å². The predicted octanol–water partition coefficient (Wildman–Crippen LogP) is 4.49. The first kappa shape index (κ1) is 15.8. The Labute approximate surface area is 123 Å². The van der Waals surface area contributed by atoms with Crippen LogP contribution in [0.4, 0.5) is 5.69 Å². The van der Waals surface area contributed by atoms with Gasteiger partial charge in [0.1, 0.15) is 0 Å². The Morgan fingerprint density at radius 3 is 2.72 bits per heavy atom. The number of halogens is 2. The summed E-state index contributed by atoms with van der Waals surface area (Å²) in [5.74, 6) is 0. The molecule has 0 aliphatic carbocycles. The molecule has 1 atom stereocenters. The predicted molar refractivity (Wildman–Crippen MR) is 83.1 cm³/mol. The van der Waals surface area contributed by atoms with Gasteiger partial charge in [-0.3, -0.25) is 0 Å². The lowest BCUT2D eigenvalue weighted by molar-refractivity contribution is 0.203. The smallest absolute Gasteiger partial charge is 0.0637 e. The van der Waals surface area contributed by atoms with E-state index in [-0.39, 0.29) is 0 Å². The average Bonchev–Trinajstić information content (AvgIpc) is 2.39. The SMILES string of the molecule is CCC(C)N(CCOC)c1cccc(Cl)c1CBr. The first-order valence-corrected chi connectivity index (χ1v) is 7.74. The van der Waals surface area contributed by atoms with Gasteiger partial charge in [-0.05, 0) is 25.5 Å². The second kappa shape index (κ2) is 8.03. The molecule has 0 aliphatic heterocycles. The van der Waals surface area contributed by atoms with Crippen molar-refractivity contribution in [2.45, 2.75) is 31.6 Å². The van der Waals surface area contributed by atoms with Crippen LogP contribution in [0.15, 0.2) is 18.2 Å². The van der Waals surface area contributed by atoms with E-state index >= 15 is 0 Å². The van der Waals surface area contributed by atoms with Crippen LogP contribution in [0.5, 0.6) is 0 Å². The molecule has 0 fully saturated rings. The molecule has 4 heteroatoms. The van der Waals surface area contributed by atoms with E-state index in [0.717, 1.165) is 35.5 Å². The van der Waals surface area contributed by atoms with Crippen LogP contribution in [0, 0.1) is 0 Å². The summed E-state index contributed by atoms with van der Waals surface area (Å²) in [5, 5.41) is 1.58. The molecular formula is C14H21BrClNO. The third-order valence-electron chi connectivity index (χ3n) is 3.20. The molecule has 0 amide bonds. The van der Waals surface area contributed by atoms with E-state index in [1.165, 1.54) is 5.69 Å². The highest BCUT2D eigenvalue weighted by Crippen LogP contribution is 2.31. The highest BCUT2D eigenvalue weighted by Gasteiger charge is 2.17. The quantitative estimate of drug-likeness (QED) is 0.681. The van der Waals surface area contributed by atoms with E-state index < -0.39 is 0 Å². The zero-order valence-corrected chi connectivity index (χ0v) is 13.6. The van der Waals surface area contributed by atoms with Crippen LogP contribution in [0.25, 0.3) is 0 Å². The Kier molecular flexibility index (Phi) is 7.05. The van der Waals surface area contributed by atoms with E-state index in [1.54, 1.807) is 7.11 Å². The Bertz CT molecular complexity index is 373. The van der Waals surface area contributed by atoms with Crippen molar-refractivity contribution in [2.75, 3.05) is 25.2 Å². The molecular weight excluding hydrogens is 314 g/mol. The van der Waals surface area contributed by atoms with Gasteiger partial charge in [0.2, 0.25) is 0 Å². The first-order valence-electron chi connectivity index (χ1n) is 6.24. The Balaban J connectivity index is 3.07. The van der Waals surface area contributed by atoms with Gasteiger partial charge in [-0.15, -0.1) is 0 Å². The molecule has 1 unspecified atom stereocenters. The van der Waals surface area contributed by atoms with E-state index in [2.05, 4.69) is 40.7 Å². The Morgan fingerprint density at radius 1 is 1.44 bits per heavy atom. The molecule has 0 saturated heterocycles. The van der Waals surface area contributed by atoms with Crippen LogP contribution in [0.3, 0.4) is 0 Å². The molecule has 102 valence electrons. The molecule has 1 aromatic carbocycles. The van der Waals surface area contributed by atoms with Crippen molar-refractivity contribution < 1.29 is 4.74 Å². The molecule has 0 aromatic heterocycles. The Hall–Kier alpha value is -0.250. The van der Waals surface area contributed by atoms with Crippen LogP contribution in [0.1, 0.15) is 25.8 Å². The number of ether oxygens (including phenoxy) is 1. The van der Waals surface area contributed by atoms with Gasteiger partial charge in [0.15, 0.2) is 0 Å².